The molecule has 2 aliphatic heterocycles. The predicted octanol–water partition coefficient (Wildman–Crippen LogP) is 0.435. The van der Waals surface area contributed by atoms with Gasteiger partial charge in [0.25, 0.3) is 0 Å². The maximum atomic E-state index is 12.4. The average molecular weight is 396 g/mol. The van der Waals surface area contributed by atoms with Crippen molar-refractivity contribution in [2.24, 2.45) is 0 Å². The van der Waals surface area contributed by atoms with Gasteiger partial charge in [-0.2, -0.15) is 8.75 Å². The van der Waals surface area contributed by atoms with Crippen molar-refractivity contribution in [3.8, 4) is 0 Å². The zero-order chi connectivity index (χ0) is 18.1. The van der Waals surface area contributed by atoms with Crippen LogP contribution in [0.4, 0.5) is 5.69 Å². The van der Waals surface area contributed by atoms with E-state index in [1.54, 1.807) is 0 Å². The van der Waals surface area contributed by atoms with Crippen LogP contribution in [0.3, 0.4) is 0 Å². The largest absolute Gasteiger partial charge is 0.323 e. The summed E-state index contributed by atoms with van der Waals surface area (Å²) in [4.78, 5) is 16.7. The quantitative estimate of drug-likeness (QED) is 0.802. The van der Waals surface area contributed by atoms with Crippen molar-refractivity contribution < 1.29 is 13.2 Å². The Kier molecular flexibility index (Phi) is 4.91. The summed E-state index contributed by atoms with van der Waals surface area (Å²) in [6.45, 7) is 3.47. The molecule has 0 aliphatic carbocycles. The van der Waals surface area contributed by atoms with Crippen molar-refractivity contribution in [3.63, 3.8) is 0 Å². The number of hydrogen-bond donors (Lipinski definition) is 1. The van der Waals surface area contributed by atoms with Crippen molar-refractivity contribution in [3.05, 3.63) is 18.2 Å². The summed E-state index contributed by atoms with van der Waals surface area (Å²) in [5.74, 6) is 0.513. The Balaban J connectivity index is 1.29. The Morgan fingerprint density at radius 3 is 2.77 bits per heavy atom. The van der Waals surface area contributed by atoms with Crippen LogP contribution < -0.4 is 5.32 Å². The Bertz CT molecular complexity index is 906. The van der Waals surface area contributed by atoms with Gasteiger partial charge in [-0.3, -0.25) is 14.6 Å². The normalized spacial score (nSPS) is 24.1. The summed E-state index contributed by atoms with van der Waals surface area (Å²) in [6.07, 6.45) is 0.731. The van der Waals surface area contributed by atoms with Crippen LogP contribution in [-0.2, 0) is 14.6 Å². The van der Waals surface area contributed by atoms with Gasteiger partial charge in [-0.1, -0.05) is 6.07 Å². The highest BCUT2D eigenvalue weighted by molar-refractivity contribution is 7.91. The standard InChI is InChI=1S/C16H21N5O3S2/c22-15(17-13-2-1-3-14-16(13)19-25-18-14)10-20-5-7-21(8-6-20)12-4-9-26(23,24)11-12/h1-3,12H,4-11H2,(H,17,22)/t12-/m1/s1. The lowest BCUT2D eigenvalue weighted by Gasteiger charge is -2.37. The number of benzene rings is 1. The molecule has 1 N–H and O–H groups in total. The van der Waals surface area contributed by atoms with Gasteiger partial charge in [0, 0.05) is 32.2 Å². The number of nitrogens with one attached hydrogen (secondary N) is 1. The number of fused-ring (bicyclic) bond motifs is 1. The fraction of sp³-hybridized carbons (Fsp3) is 0.562. The number of nitrogens with zero attached hydrogens (tertiary/aromatic N) is 4. The summed E-state index contributed by atoms with van der Waals surface area (Å²) < 4.78 is 31.7. The molecule has 0 unspecified atom stereocenters. The summed E-state index contributed by atoms with van der Waals surface area (Å²) >= 11 is 1.13. The van der Waals surface area contributed by atoms with Gasteiger partial charge in [-0.25, -0.2) is 8.42 Å². The van der Waals surface area contributed by atoms with Crippen LogP contribution in [0.15, 0.2) is 18.2 Å². The molecule has 1 amide bonds. The third-order valence-corrected chi connectivity index (χ3v) is 7.35. The number of carbonyl (C=O) groups excluding carboxylic acids is 1. The van der Waals surface area contributed by atoms with E-state index in [0.717, 1.165) is 55.4 Å². The van der Waals surface area contributed by atoms with Crippen LogP contribution in [0.5, 0.6) is 0 Å². The van der Waals surface area contributed by atoms with Crippen LogP contribution in [0.2, 0.25) is 0 Å². The van der Waals surface area contributed by atoms with E-state index in [-0.39, 0.29) is 17.7 Å². The lowest BCUT2D eigenvalue weighted by Crippen LogP contribution is -2.52. The first-order valence-corrected chi connectivity index (χ1v) is 11.2. The molecule has 3 heterocycles. The van der Waals surface area contributed by atoms with E-state index in [4.69, 9.17) is 0 Å². The fourth-order valence-corrected chi connectivity index (χ4v) is 5.96. The Morgan fingerprint density at radius 1 is 1.23 bits per heavy atom. The number of amides is 1. The number of rotatable bonds is 4. The molecule has 8 nitrogen and oxygen atoms in total. The second-order valence-electron chi connectivity index (χ2n) is 6.85. The molecule has 0 radical (unpaired) electrons. The van der Waals surface area contributed by atoms with Crippen LogP contribution in [0.1, 0.15) is 6.42 Å². The summed E-state index contributed by atoms with van der Waals surface area (Å²) in [5, 5.41) is 2.93. The molecule has 10 heteroatoms. The van der Waals surface area contributed by atoms with Gasteiger partial charge in [0.2, 0.25) is 5.91 Å². The monoisotopic (exact) mass is 395 g/mol. The topological polar surface area (TPSA) is 95.5 Å². The molecular weight excluding hydrogens is 374 g/mol. The zero-order valence-electron chi connectivity index (χ0n) is 14.3. The zero-order valence-corrected chi connectivity index (χ0v) is 15.9. The second kappa shape index (κ2) is 7.18. The molecule has 0 saturated carbocycles. The molecule has 1 atom stereocenters. The molecule has 0 bridgehead atoms. The Morgan fingerprint density at radius 2 is 2.04 bits per heavy atom. The maximum absolute atomic E-state index is 12.4. The van der Waals surface area contributed by atoms with Crippen molar-refractivity contribution >= 4 is 44.2 Å². The van der Waals surface area contributed by atoms with Gasteiger partial charge in [0.05, 0.1) is 35.5 Å². The van der Waals surface area contributed by atoms with Crippen molar-refractivity contribution in [1.82, 2.24) is 18.5 Å². The van der Waals surface area contributed by atoms with Crippen molar-refractivity contribution in [2.75, 3.05) is 49.5 Å². The van der Waals surface area contributed by atoms with Crippen LogP contribution in [0, 0.1) is 0 Å². The molecule has 0 spiro atoms. The maximum Gasteiger partial charge on any atom is 0.238 e. The van der Waals surface area contributed by atoms with Gasteiger partial charge in [0.1, 0.15) is 11.0 Å². The van der Waals surface area contributed by atoms with Gasteiger partial charge >= 0.3 is 0 Å². The molecule has 2 aromatic rings. The number of anilines is 1. The third-order valence-electron chi connectivity index (χ3n) is 5.06. The number of sulfone groups is 1. The summed E-state index contributed by atoms with van der Waals surface area (Å²) in [6, 6.07) is 5.70. The first-order chi connectivity index (χ1) is 12.5. The van der Waals surface area contributed by atoms with Crippen LogP contribution in [0.25, 0.3) is 11.0 Å². The van der Waals surface area contributed by atoms with E-state index < -0.39 is 9.84 Å². The second-order valence-corrected chi connectivity index (χ2v) is 9.61. The number of aromatic nitrogens is 2. The molecule has 4 rings (SSSR count). The lowest BCUT2D eigenvalue weighted by atomic mass is 10.2. The number of hydrogen-bond acceptors (Lipinski definition) is 8. The minimum atomic E-state index is -2.85. The van der Waals surface area contributed by atoms with Gasteiger partial charge < -0.3 is 5.32 Å². The van der Waals surface area contributed by atoms with Crippen molar-refractivity contribution in [2.45, 2.75) is 12.5 Å². The molecule has 140 valence electrons. The van der Waals surface area contributed by atoms with E-state index >= 15 is 0 Å². The molecule has 2 saturated heterocycles. The lowest BCUT2D eigenvalue weighted by molar-refractivity contribution is -0.117. The van der Waals surface area contributed by atoms with Crippen LogP contribution >= 0.6 is 11.7 Å². The highest BCUT2D eigenvalue weighted by Gasteiger charge is 2.33. The molecule has 1 aromatic carbocycles. The highest BCUT2D eigenvalue weighted by Crippen LogP contribution is 2.21. The molecule has 1 aromatic heterocycles. The molecule has 2 aliphatic rings. The molecular formula is C16H21N5O3S2. The van der Waals surface area contributed by atoms with E-state index in [9.17, 15) is 13.2 Å². The SMILES string of the molecule is O=C(CN1CCN([C@@H]2CCS(=O)(=O)C2)CC1)Nc1cccc2nsnc12. The minimum absolute atomic E-state index is 0.0672. The van der Waals surface area contributed by atoms with E-state index in [2.05, 4.69) is 23.9 Å². The predicted molar refractivity (Wildman–Crippen MR) is 101 cm³/mol. The van der Waals surface area contributed by atoms with Gasteiger partial charge in [-0.05, 0) is 18.6 Å². The highest BCUT2D eigenvalue weighted by atomic mass is 32.2. The fourth-order valence-electron chi connectivity index (χ4n) is 3.65. The summed E-state index contributed by atoms with van der Waals surface area (Å²) in [7, 11) is -2.85. The van der Waals surface area contributed by atoms with E-state index in [1.165, 1.54) is 0 Å². The number of piperazine rings is 1. The molecule has 2 fully saturated rings. The Labute approximate surface area is 156 Å². The summed E-state index contributed by atoms with van der Waals surface area (Å²) in [5.41, 5.74) is 2.20. The van der Waals surface area contributed by atoms with Gasteiger partial charge in [-0.15, -0.1) is 0 Å². The van der Waals surface area contributed by atoms with Gasteiger partial charge in [0.15, 0.2) is 9.84 Å². The Hall–Kier alpha value is -1.62. The van der Waals surface area contributed by atoms with E-state index in [1.807, 2.05) is 18.2 Å². The smallest absolute Gasteiger partial charge is 0.238 e. The third kappa shape index (κ3) is 3.88. The number of carbonyl (C=O) groups is 1. The first kappa shape index (κ1) is 17.8. The van der Waals surface area contributed by atoms with E-state index in [0.29, 0.717) is 18.0 Å². The first-order valence-electron chi connectivity index (χ1n) is 8.68. The minimum Gasteiger partial charge on any atom is -0.323 e. The van der Waals surface area contributed by atoms with Crippen LogP contribution in [-0.4, -0.2) is 83.1 Å². The van der Waals surface area contributed by atoms with Crippen molar-refractivity contribution in [1.29, 1.82) is 0 Å². The average Bonchev–Trinajstić information content (AvgIpc) is 3.22. The molecule has 26 heavy (non-hydrogen) atoms.